The monoisotopic (exact) mass is 403 g/mol. The number of thiazole rings is 1. The quantitative estimate of drug-likeness (QED) is 0.717. The SMILES string of the molecule is CC(C)(C)C(=O)/C=c1\[nH]c(=O)/c(=C\c2ccc(-c3ccccc3Cl)s2)s1. The van der Waals surface area contributed by atoms with Crippen LogP contribution in [0, 0.1) is 5.41 Å². The molecule has 0 saturated heterocycles. The Kier molecular flexibility index (Phi) is 5.32. The summed E-state index contributed by atoms with van der Waals surface area (Å²) in [5.74, 6) is -0.0151. The minimum absolute atomic E-state index is 0.0151. The first kappa shape index (κ1) is 18.8. The van der Waals surface area contributed by atoms with E-state index >= 15 is 0 Å². The van der Waals surface area contributed by atoms with Crippen LogP contribution in [0.5, 0.6) is 0 Å². The third-order valence-corrected chi connectivity index (χ3v) is 6.08. The van der Waals surface area contributed by atoms with E-state index < -0.39 is 5.41 Å². The standard InChI is InChI=1S/C20H18ClNO2S2/c1-20(2,3)17(23)11-18-22-19(24)16(26-18)10-12-8-9-15(25-12)13-6-4-5-7-14(13)21/h4-11H,1-3H3,(H,22,24)/b16-10+,18-11+. The molecule has 0 bridgehead atoms. The van der Waals surface area contributed by atoms with Crippen molar-refractivity contribution < 1.29 is 4.79 Å². The third-order valence-electron chi connectivity index (χ3n) is 3.72. The summed E-state index contributed by atoms with van der Waals surface area (Å²) in [5, 5.41) is 0.701. The van der Waals surface area contributed by atoms with Gasteiger partial charge in [0.2, 0.25) is 0 Å². The molecule has 2 aromatic heterocycles. The van der Waals surface area contributed by atoms with Gasteiger partial charge in [-0.1, -0.05) is 50.6 Å². The van der Waals surface area contributed by atoms with Gasteiger partial charge in [0.05, 0.1) is 9.20 Å². The van der Waals surface area contributed by atoms with Gasteiger partial charge >= 0.3 is 0 Å². The first-order valence-corrected chi connectivity index (χ1v) is 10.1. The summed E-state index contributed by atoms with van der Waals surface area (Å²) in [6.45, 7) is 5.56. The van der Waals surface area contributed by atoms with Crippen molar-refractivity contribution in [2.45, 2.75) is 20.8 Å². The number of H-pyrrole nitrogens is 1. The number of nitrogens with one attached hydrogen (secondary N) is 1. The van der Waals surface area contributed by atoms with Crippen LogP contribution in [0.2, 0.25) is 5.02 Å². The van der Waals surface area contributed by atoms with Crippen molar-refractivity contribution in [1.29, 1.82) is 0 Å². The average Bonchev–Trinajstić information content (AvgIpc) is 3.14. The second-order valence-corrected chi connectivity index (χ2v) is 9.48. The molecule has 1 aromatic carbocycles. The number of carbonyl (C=O) groups is 1. The summed E-state index contributed by atoms with van der Waals surface area (Å²) >= 11 is 9.10. The third kappa shape index (κ3) is 4.23. The van der Waals surface area contributed by atoms with E-state index in [1.54, 1.807) is 11.3 Å². The zero-order valence-electron chi connectivity index (χ0n) is 14.6. The summed E-state index contributed by atoms with van der Waals surface area (Å²) in [5.41, 5.74) is 0.321. The summed E-state index contributed by atoms with van der Waals surface area (Å²) in [6, 6.07) is 11.6. The number of Topliss-reactive ketones (excluding diaryl/α,β-unsaturated/α-hetero) is 1. The van der Waals surface area contributed by atoms with Crippen LogP contribution >= 0.6 is 34.3 Å². The van der Waals surface area contributed by atoms with Crippen LogP contribution in [0.25, 0.3) is 22.6 Å². The molecular weight excluding hydrogens is 386 g/mol. The van der Waals surface area contributed by atoms with Crippen molar-refractivity contribution in [3.63, 3.8) is 0 Å². The van der Waals surface area contributed by atoms with Crippen LogP contribution in [0.15, 0.2) is 41.2 Å². The minimum Gasteiger partial charge on any atom is -0.313 e. The number of benzene rings is 1. The number of thiophene rings is 1. The molecule has 0 unspecified atom stereocenters. The van der Waals surface area contributed by atoms with Gasteiger partial charge in [-0.05, 0) is 24.3 Å². The molecule has 134 valence electrons. The lowest BCUT2D eigenvalue weighted by atomic mass is 9.91. The Bertz CT molecular complexity index is 1130. The fourth-order valence-corrected chi connectivity index (χ4v) is 4.46. The lowest BCUT2D eigenvalue weighted by molar-refractivity contribution is -0.119. The predicted molar refractivity (Wildman–Crippen MR) is 111 cm³/mol. The Morgan fingerprint density at radius 1 is 1.12 bits per heavy atom. The van der Waals surface area contributed by atoms with Crippen molar-refractivity contribution in [3.8, 4) is 10.4 Å². The van der Waals surface area contributed by atoms with Crippen molar-refractivity contribution in [2.24, 2.45) is 5.41 Å². The molecule has 2 heterocycles. The highest BCUT2D eigenvalue weighted by molar-refractivity contribution is 7.16. The fourth-order valence-electron chi connectivity index (χ4n) is 2.23. The van der Waals surface area contributed by atoms with Gasteiger partial charge in [0, 0.05) is 31.8 Å². The van der Waals surface area contributed by atoms with E-state index in [0.29, 0.717) is 14.2 Å². The van der Waals surface area contributed by atoms with Crippen molar-refractivity contribution in [1.82, 2.24) is 4.98 Å². The highest BCUT2D eigenvalue weighted by atomic mass is 35.5. The lowest BCUT2D eigenvalue weighted by Gasteiger charge is -2.12. The Balaban J connectivity index is 1.98. The van der Waals surface area contributed by atoms with Gasteiger partial charge in [-0.15, -0.1) is 22.7 Å². The number of ketones is 1. The number of aromatic amines is 1. The molecule has 3 aromatic rings. The van der Waals surface area contributed by atoms with Gasteiger partial charge in [-0.3, -0.25) is 9.59 Å². The molecule has 3 nitrogen and oxygen atoms in total. The molecule has 3 rings (SSSR count). The average molecular weight is 404 g/mol. The molecule has 1 N–H and O–H groups in total. The number of aromatic nitrogens is 1. The lowest BCUT2D eigenvalue weighted by Crippen LogP contribution is -2.21. The largest absolute Gasteiger partial charge is 0.313 e. The second kappa shape index (κ2) is 7.35. The summed E-state index contributed by atoms with van der Waals surface area (Å²) < 4.78 is 1.15. The van der Waals surface area contributed by atoms with Crippen LogP contribution in [0.4, 0.5) is 0 Å². The molecule has 6 heteroatoms. The molecular formula is C20H18ClNO2S2. The summed E-state index contributed by atoms with van der Waals surface area (Å²) in [7, 11) is 0. The van der Waals surface area contributed by atoms with Crippen LogP contribution in [0.1, 0.15) is 25.6 Å². The van der Waals surface area contributed by atoms with Crippen LogP contribution in [-0.2, 0) is 4.79 Å². The van der Waals surface area contributed by atoms with Crippen molar-refractivity contribution in [2.75, 3.05) is 0 Å². The summed E-state index contributed by atoms with van der Waals surface area (Å²) in [4.78, 5) is 29.1. The number of hydrogen-bond donors (Lipinski definition) is 1. The normalized spacial score (nSPS) is 13.4. The first-order chi connectivity index (χ1) is 12.2. The maximum atomic E-state index is 12.2. The number of rotatable bonds is 3. The Morgan fingerprint density at radius 2 is 1.85 bits per heavy atom. The molecule has 0 aliphatic rings. The highest BCUT2D eigenvalue weighted by Crippen LogP contribution is 2.33. The molecule has 0 atom stereocenters. The maximum Gasteiger partial charge on any atom is 0.266 e. The van der Waals surface area contributed by atoms with Gasteiger partial charge in [-0.25, -0.2) is 0 Å². The van der Waals surface area contributed by atoms with E-state index in [4.69, 9.17) is 11.6 Å². The van der Waals surface area contributed by atoms with E-state index in [9.17, 15) is 9.59 Å². The maximum absolute atomic E-state index is 12.2. The van der Waals surface area contributed by atoms with E-state index in [-0.39, 0.29) is 11.3 Å². The van der Waals surface area contributed by atoms with E-state index in [0.717, 1.165) is 15.3 Å². The molecule has 0 fully saturated rings. The van der Waals surface area contributed by atoms with Crippen molar-refractivity contribution in [3.05, 3.63) is 65.8 Å². The van der Waals surface area contributed by atoms with Crippen molar-refractivity contribution >= 4 is 52.2 Å². The topological polar surface area (TPSA) is 49.9 Å². The number of carbonyl (C=O) groups excluding carboxylic acids is 1. The minimum atomic E-state index is -0.470. The van der Waals surface area contributed by atoms with Crippen LogP contribution in [0.3, 0.4) is 0 Å². The zero-order chi connectivity index (χ0) is 18.9. The molecule has 26 heavy (non-hydrogen) atoms. The van der Waals surface area contributed by atoms with E-state index in [1.807, 2.05) is 63.2 Å². The van der Waals surface area contributed by atoms with Gasteiger partial charge in [0.15, 0.2) is 5.78 Å². The van der Waals surface area contributed by atoms with Crippen LogP contribution in [-0.4, -0.2) is 10.8 Å². The smallest absolute Gasteiger partial charge is 0.266 e. The Morgan fingerprint density at radius 3 is 2.54 bits per heavy atom. The van der Waals surface area contributed by atoms with Gasteiger partial charge in [0.1, 0.15) is 0 Å². The Hall–Kier alpha value is -1.95. The molecule has 0 radical (unpaired) electrons. The molecule has 0 spiro atoms. The highest BCUT2D eigenvalue weighted by Gasteiger charge is 2.18. The van der Waals surface area contributed by atoms with Crippen LogP contribution < -0.4 is 14.8 Å². The van der Waals surface area contributed by atoms with Gasteiger partial charge < -0.3 is 4.98 Å². The van der Waals surface area contributed by atoms with E-state index in [1.165, 1.54) is 17.4 Å². The molecule has 0 aliphatic heterocycles. The zero-order valence-corrected chi connectivity index (χ0v) is 17.0. The fraction of sp³-hybridized carbons (Fsp3) is 0.200. The summed E-state index contributed by atoms with van der Waals surface area (Å²) in [6.07, 6.45) is 3.35. The second-order valence-electron chi connectivity index (χ2n) is 6.87. The van der Waals surface area contributed by atoms with Gasteiger partial charge in [-0.2, -0.15) is 0 Å². The number of hydrogen-bond acceptors (Lipinski definition) is 4. The molecule has 0 aliphatic carbocycles. The first-order valence-electron chi connectivity index (χ1n) is 8.06. The van der Waals surface area contributed by atoms with Gasteiger partial charge in [0.25, 0.3) is 5.56 Å². The van der Waals surface area contributed by atoms with E-state index in [2.05, 4.69) is 4.98 Å². The molecule has 0 saturated carbocycles. The predicted octanol–water partition coefficient (Wildman–Crippen LogP) is 4.04. The molecule has 0 amide bonds. The Labute approximate surface area is 164 Å². The number of halogens is 1.